The van der Waals surface area contributed by atoms with Crippen molar-refractivity contribution in [2.75, 3.05) is 0 Å². The number of rotatable bonds is 2. The van der Waals surface area contributed by atoms with Crippen LogP contribution in [0.15, 0.2) is 6.20 Å². The second-order valence-electron chi connectivity index (χ2n) is 5.54. The van der Waals surface area contributed by atoms with Crippen molar-refractivity contribution >= 4 is 12.7 Å². The zero-order chi connectivity index (χ0) is 14.5. The molecule has 0 amide bonds. The van der Waals surface area contributed by atoms with Crippen molar-refractivity contribution in [2.24, 2.45) is 0 Å². The fraction of sp³-hybridized carbons (Fsp3) is 0.800. The quantitative estimate of drug-likeness (QED) is 0.761. The van der Waals surface area contributed by atoms with Crippen LogP contribution >= 0.6 is 0 Å². The smallest absolute Gasteiger partial charge is 0.398 e. The average Bonchev–Trinajstić information content (AvgIpc) is 2.68. The van der Waals surface area contributed by atoms with Crippen LogP contribution in [0.2, 0.25) is 0 Å². The van der Waals surface area contributed by atoms with Gasteiger partial charge in [0.25, 0.3) is 0 Å². The van der Waals surface area contributed by atoms with Crippen LogP contribution in [0.3, 0.4) is 0 Å². The monoisotopic (exact) mass is 277 g/mol. The van der Waals surface area contributed by atoms with Crippen LogP contribution in [0.4, 0.5) is 13.2 Å². The molecule has 0 atom stereocenters. The maximum Gasteiger partial charge on any atom is 0.518 e. The highest BCUT2D eigenvalue weighted by atomic mass is 19.4. The van der Waals surface area contributed by atoms with Crippen molar-refractivity contribution in [3.63, 3.8) is 0 Å². The van der Waals surface area contributed by atoms with Gasteiger partial charge in [-0.3, -0.25) is 0 Å². The molecule has 106 valence electrons. The Kier molecular flexibility index (Phi) is 3.17. The Bertz CT molecular complexity index is 457. The van der Waals surface area contributed by atoms with Gasteiger partial charge in [-0.05, 0) is 27.7 Å². The molecule has 2 heterocycles. The first kappa shape index (κ1) is 14.3. The third-order valence-electron chi connectivity index (χ3n) is 3.39. The lowest BCUT2D eigenvalue weighted by atomic mass is 9.86. The predicted molar refractivity (Wildman–Crippen MR) is 61.8 cm³/mol. The van der Waals surface area contributed by atoms with Crippen molar-refractivity contribution in [1.82, 2.24) is 15.0 Å². The Balaban J connectivity index is 2.13. The summed E-state index contributed by atoms with van der Waals surface area (Å²) in [6, 6.07) is 0. The molecule has 5 nitrogen and oxygen atoms in total. The van der Waals surface area contributed by atoms with E-state index in [1.165, 1.54) is 6.20 Å². The first-order valence-electron chi connectivity index (χ1n) is 5.83. The highest BCUT2D eigenvalue weighted by Gasteiger charge is 2.52. The number of hydrogen-bond donors (Lipinski definition) is 0. The first-order valence-corrected chi connectivity index (χ1v) is 5.83. The Morgan fingerprint density at radius 2 is 1.74 bits per heavy atom. The summed E-state index contributed by atoms with van der Waals surface area (Å²) in [5.74, 6) is 0. The molecule has 0 spiro atoms. The maximum absolute atomic E-state index is 12.2. The van der Waals surface area contributed by atoms with Gasteiger partial charge in [0.15, 0.2) is 0 Å². The molecule has 0 saturated carbocycles. The number of halogens is 3. The van der Waals surface area contributed by atoms with Gasteiger partial charge in [0, 0.05) is 6.20 Å². The van der Waals surface area contributed by atoms with E-state index in [9.17, 15) is 13.2 Å². The van der Waals surface area contributed by atoms with Crippen LogP contribution < -0.4 is 5.59 Å². The van der Waals surface area contributed by atoms with E-state index in [1.54, 1.807) is 0 Å². The van der Waals surface area contributed by atoms with E-state index in [4.69, 9.17) is 9.31 Å². The molecule has 9 heteroatoms. The Morgan fingerprint density at radius 3 is 2.21 bits per heavy atom. The van der Waals surface area contributed by atoms with E-state index in [0.717, 1.165) is 4.68 Å². The Hall–Kier alpha value is -1.09. The van der Waals surface area contributed by atoms with Crippen LogP contribution in [-0.4, -0.2) is 39.5 Å². The maximum atomic E-state index is 12.2. The van der Waals surface area contributed by atoms with Gasteiger partial charge in [0.2, 0.25) is 0 Å². The highest BCUT2D eigenvalue weighted by molar-refractivity contribution is 6.61. The Morgan fingerprint density at radius 1 is 1.21 bits per heavy atom. The molecule has 0 bridgehead atoms. The second kappa shape index (κ2) is 4.21. The molecule has 0 N–H and O–H groups in total. The largest absolute Gasteiger partial charge is 0.518 e. The van der Waals surface area contributed by atoms with Crippen LogP contribution in [0.1, 0.15) is 27.7 Å². The molecule has 0 aliphatic carbocycles. The van der Waals surface area contributed by atoms with E-state index in [2.05, 4.69) is 10.3 Å². The topological polar surface area (TPSA) is 49.2 Å². The lowest BCUT2D eigenvalue weighted by Gasteiger charge is -2.32. The highest BCUT2D eigenvalue weighted by Crippen LogP contribution is 2.36. The minimum Gasteiger partial charge on any atom is -0.398 e. The van der Waals surface area contributed by atoms with Gasteiger partial charge in [-0.1, -0.05) is 5.21 Å². The number of alkyl halides is 3. The molecule has 19 heavy (non-hydrogen) atoms. The molecular weight excluding hydrogens is 262 g/mol. The summed E-state index contributed by atoms with van der Waals surface area (Å²) in [6.45, 7) is 6.24. The summed E-state index contributed by atoms with van der Waals surface area (Å²) in [6.07, 6.45) is -3.14. The van der Waals surface area contributed by atoms with Gasteiger partial charge >= 0.3 is 13.3 Å². The Labute approximate surface area is 109 Å². The van der Waals surface area contributed by atoms with Crippen molar-refractivity contribution in [1.29, 1.82) is 0 Å². The predicted octanol–water partition coefficient (Wildman–Crippen LogP) is 1.14. The van der Waals surface area contributed by atoms with Gasteiger partial charge in [-0.15, -0.1) is 5.10 Å². The summed E-state index contributed by atoms with van der Waals surface area (Å²) in [7, 11) is -0.799. The van der Waals surface area contributed by atoms with Crippen molar-refractivity contribution in [3.05, 3.63) is 6.20 Å². The van der Waals surface area contributed by atoms with Crippen LogP contribution in [0.25, 0.3) is 0 Å². The van der Waals surface area contributed by atoms with Crippen LogP contribution in [0, 0.1) is 0 Å². The molecule has 1 aliphatic rings. The number of nitrogens with zero attached hydrogens (tertiary/aromatic N) is 3. The lowest BCUT2D eigenvalue weighted by Crippen LogP contribution is -2.41. The third kappa shape index (κ3) is 2.92. The minimum atomic E-state index is -4.33. The van der Waals surface area contributed by atoms with E-state index < -0.39 is 31.0 Å². The second-order valence-corrected chi connectivity index (χ2v) is 5.54. The van der Waals surface area contributed by atoms with Crippen molar-refractivity contribution in [2.45, 2.75) is 51.6 Å². The number of hydrogen-bond acceptors (Lipinski definition) is 4. The van der Waals surface area contributed by atoms with Gasteiger partial charge in [0.05, 0.1) is 11.2 Å². The van der Waals surface area contributed by atoms with Gasteiger partial charge < -0.3 is 9.31 Å². The van der Waals surface area contributed by atoms with E-state index >= 15 is 0 Å². The first-order chi connectivity index (χ1) is 8.50. The third-order valence-corrected chi connectivity index (χ3v) is 3.39. The molecule has 0 unspecified atom stereocenters. The zero-order valence-electron chi connectivity index (χ0n) is 11.2. The fourth-order valence-corrected chi connectivity index (χ4v) is 1.65. The molecule has 1 saturated heterocycles. The molecular formula is C10H15BF3N3O2. The van der Waals surface area contributed by atoms with Gasteiger partial charge in [-0.25, -0.2) is 4.68 Å². The summed E-state index contributed by atoms with van der Waals surface area (Å²) < 4.78 is 48.7. The normalized spacial score (nSPS) is 21.9. The molecule has 0 radical (unpaired) electrons. The fourth-order valence-electron chi connectivity index (χ4n) is 1.65. The van der Waals surface area contributed by atoms with Gasteiger partial charge in [-0.2, -0.15) is 13.2 Å². The standard InChI is InChI=1S/C10H15BF3N3O2/c1-8(2)9(3,4)19-11(18-8)7-5-17(16-15-7)6-10(12,13)14/h5H,6H2,1-4H3. The molecule has 1 aromatic heterocycles. The minimum absolute atomic E-state index is 0.239. The summed E-state index contributed by atoms with van der Waals surface area (Å²) in [4.78, 5) is 0. The lowest BCUT2D eigenvalue weighted by molar-refractivity contribution is -0.142. The summed E-state index contributed by atoms with van der Waals surface area (Å²) in [5, 5.41) is 7.10. The van der Waals surface area contributed by atoms with Crippen molar-refractivity contribution in [3.8, 4) is 0 Å². The zero-order valence-corrected chi connectivity index (χ0v) is 11.2. The van der Waals surface area contributed by atoms with Gasteiger partial charge in [0.1, 0.15) is 12.1 Å². The molecule has 0 aromatic carbocycles. The average molecular weight is 277 g/mol. The summed E-state index contributed by atoms with van der Waals surface area (Å²) in [5.41, 5.74) is -0.889. The van der Waals surface area contributed by atoms with E-state index in [0.29, 0.717) is 0 Å². The van der Waals surface area contributed by atoms with Crippen molar-refractivity contribution < 1.29 is 22.5 Å². The molecule has 1 aromatic rings. The summed E-state index contributed by atoms with van der Waals surface area (Å²) >= 11 is 0. The molecule has 1 aliphatic heterocycles. The van der Waals surface area contributed by atoms with E-state index in [1.807, 2.05) is 27.7 Å². The van der Waals surface area contributed by atoms with Crippen LogP contribution in [-0.2, 0) is 15.9 Å². The van der Waals surface area contributed by atoms with E-state index in [-0.39, 0.29) is 5.59 Å². The van der Waals surface area contributed by atoms with Crippen LogP contribution in [0.5, 0.6) is 0 Å². The molecule has 2 rings (SSSR count). The number of aromatic nitrogens is 3. The SMILES string of the molecule is CC1(C)OB(c2cn(CC(F)(F)F)nn2)OC1(C)C. The molecule has 1 fully saturated rings.